The van der Waals surface area contributed by atoms with Gasteiger partial charge in [0.2, 0.25) is 0 Å². The van der Waals surface area contributed by atoms with Crippen molar-refractivity contribution in [3.05, 3.63) is 16.1 Å². The third-order valence-electron chi connectivity index (χ3n) is 2.25. The Morgan fingerprint density at radius 3 is 2.80 bits per heavy atom. The Balaban J connectivity index is 2.42. The first-order valence-corrected chi connectivity index (χ1v) is 6.87. The largest absolute Gasteiger partial charge is 0.295 e. The Hall–Kier alpha value is -0.120. The van der Waals surface area contributed by atoms with E-state index in [-0.39, 0.29) is 0 Å². The monoisotopic (exact) mass is 246 g/mol. The van der Waals surface area contributed by atoms with E-state index in [2.05, 4.69) is 22.2 Å². The van der Waals surface area contributed by atoms with Gasteiger partial charge in [-0.25, -0.2) is 4.98 Å². The molecule has 0 amide bonds. The molecule has 86 valence electrons. The fourth-order valence-electron chi connectivity index (χ4n) is 1.44. The molecular formula is C11H19ClN2S. The van der Waals surface area contributed by atoms with Gasteiger partial charge in [0.15, 0.2) is 0 Å². The number of unbranched alkanes of at least 4 members (excludes halogenated alkanes) is 1. The Morgan fingerprint density at radius 2 is 2.27 bits per heavy atom. The number of thiazole rings is 1. The van der Waals surface area contributed by atoms with Crippen molar-refractivity contribution >= 4 is 22.9 Å². The van der Waals surface area contributed by atoms with E-state index in [0.29, 0.717) is 5.88 Å². The van der Waals surface area contributed by atoms with Crippen LogP contribution in [0.3, 0.4) is 0 Å². The highest BCUT2D eigenvalue weighted by atomic mass is 35.5. The second-order valence-corrected chi connectivity index (χ2v) is 5.02. The first-order valence-electron chi connectivity index (χ1n) is 5.45. The fraction of sp³-hybridized carbons (Fsp3) is 0.727. The summed E-state index contributed by atoms with van der Waals surface area (Å²) in [6.07, 6.45) is 2.47. The number of halogens is 1. The molecule has 1 heterocycles. The molecule has 0 atom stereocenters. The van der Waals surface area contributed by atoms with Gasteiger partial charge in [-0.1, -0.05) is 13.3 Å². The van der Waals surface area contributed by atoms with E-state index in [1.54, 1.807) is 11.3 Å². The predicted octanol–water partition coefficient (Wildman–Crippen LogP) is 3.29. The summed E-state index contributed by atoms with van der Waals surface area (Å²) in [6, 6.07) is 0. The van der Waals surface area contributed by atoms with Crippen molar-refractivity contribution in [3.8, 4) is 0 Å². The lowest BCUT2D eigenvalue weighted by Crippen LogP contribution is -2.26. The van der Waals surface area contributed by atoms with Crippen LogP contribution in [-0.2, 0) is 6.54 Å². The SMILES string of the molecule is CCCCN(CCCl)Cc1nc(C)cs1. The van der Waals surface area contributed by atoms with Crippen molar-refractivity contribution in [1.82, 2.24) is 9.88 Å². The quantitative estimate of drug-likeness (QED) is 0.687. The zero-order valence-corrected chi connectivity index (χ0v) is 11.1. The lowest BCUT2D eigenvalue weighted by Gasteiger charge is -2.19. The van der Waals surface area contributed by atoms with Crippen molar-refractivity contribution in [2.75, 3.05) is 19.0 Å². The number of alkyl halides is 1. The molecule has 0 fully saturated rings. The van der Waals surface area contributed by atoms with Gasteiger partial charge in [0.1, 0.15) is 5.01 Å². The van der Waals surface area contributed by atoms with Crippen LogP contribution in [0.1, 0.15) is 30.5 Å². The topological polar surface area (TPSA) is 16.1 Å². The normalized spacial score (nSPS) is 11.2. The first kappa shape index (κ1) is 12.9. The summed E-state index contributed by atoms with van der Waals surface area (Å²) < 4.78 is 0. The van der Waals surface area contributed by atoms with Gasteiger partial charge in [-0.2, -0.15) is 0 Å². The summed E-state index contributed by atoms with van der Waals surface area (Å²) in [4.78, 5) is 6.86. The molecule has 15 heavy (non-hydrogen) atoms. The van der Waals surface area contributed by atoms with Crippen molar-refractivity contribution in [2.24, 2.45) is 0 Å². The molecule has 0 radical (unpaired) electrons. The van der Waals surface area contributed by atoms with Gasteiger partial charge in [0.25, 0.3) is 0 Å². The molecule has 2 nitrogen and oxygen atoms in total. The minimum atomic E-state index is 0.702. The molecule has 0 N–H and O–H groups in total. The Bertz CT molecular complexity index is 275. The predicted molar refractivity (Wildman–Crippen MR) is 67.8 cm³/mol. The molecule has 0 aliphatic heterocycles. The molecule has 4 heteroatoms. The standard InChI is InChI=1S/C11H19ClN2S/c1-3-4-6-14(7-5-12)8-11-13-10(2)9-15-11/h9H,3-8H2,1-2H3. The average Bonchev–Trinajstić information content (AvgIpc) is 2.61. The van der Waals surface area contributed by atoms with E-state index >= 15 is 0 Å². The van der Waals surface area contributed by atoms with E-state index in [1.807, 2.05) is 6.92 Å². The summed E-state index contributed by atoms with van der Waals surface area (Å²) in [5.41, 5.74) is 1.12. The molecule has 0 unspecified atom stereocenters. The molecule has 0 aliphatic carbocycles. The minimum absolute atomic E-state index is 0.702. The molecule has 1 rings (SSSR count). The van der Waals surface area contributed by atoms with E-state index in [9.17, 15) is 0 Å². The second kappa shape index (κ2) is 7.20. The highest BCUT2D eigenvalue weighted by Crippen LogP contribution is 2.12. The van der Waals surface area contributed by atoms with Crippen LogP contribution in [0.2, 0.25) is 0 Å². The van der Waals surface area contributed by atoms with Crippen LogP contribution in [0.5, 0.6) is 0 Å². The van der Waals surface area contributed by atoms with Gasteiger partial charge in [0.05, 0.1) is 6.54 Å². The van der Waals surface area contributed by atoms with Crippen LogP contribution in [-0.4, -0.2) is 28.9 Å². The molecule has 1 aromatic rings. The van der Waals surface area contributed by atoms with E-state index in [4.69, 9.17) is 11.6 Å². The van der Waals surface area contributed by atoms with Crippen molar-refractivity contribution < 1.29 is 0 Å². The van der Waals surface area contributed by atoms with Crippen LogP contribution >= 0.6 is 22.9 Å². The van der Waals surface area contributed by atoms with Gasteiger partial charge in [-0.3, -0.25) is 4.90 Å². The molecule has 0 aliphatic rings. The number of hydrogen-bond acceptors (Lipinski definition) is 3. The van der Waals surface area contributed by atoms with E-state index < -0.39 is 0 Å². The van der Waals surface area contributed by atoms with Gasteiger partial charge in [0, 0.05) is 23.5 Å². The molecule has 0 aromatic carbocycles. The number of aryl methyl sites for hydroxylation is 1. The van der Waals surface area contributed by atoms with Crippen molar-refractivity contribution in [3.63, 3.8) is 0 Å². The van der Waals surface area contributed by atoms with Gasteiger partial charge in [-0.15, -0.1) is 22.9 Å². The number of rotatable bonds is 7. The highest BCUT2D eigenvalue weighted by molar-refractivity contribution is 7.09. The molecule has 0 bridgehead atoms. The lowest BCUT2D eigenvalue weighted by molar-refractivity contribution is 0.276. The molecule has 0 saturated carbocycles. The third-order valence-corrected chi connectivity index (χ3v) is 3.37. The fourth-order valence-corrected chi connectivity index (χ4v) is 2.49. The third kappa shape index (κ3) is 4.96. The summed E-state index contributed by atoms with van der Waals surface area (Å²) in [6.45, 7) is 7.29. The smallest absolute Gasteiger partial charge is 0.107 e. The number of aromatic nitrogens is 1. The van der Waals surface area contributed by atoms with E-state index in [1.165, 1.54) is 17.8 Å². The van der Waals surface area contributed by atoms with Crippen LogP contribution in [0.15, 0.2) is 5.38 Å². The highest BCUT2D eigenvalue weighted by Gasteiger charge is 2.07. The number of hydrogen-bond donors (Lipinski definition) is 0. The van der Waals surface area contributed by atoms with Gasteiger partial charge < -0.3 is 0 Å². The maximum atomic E-state index is 5.79. The van der Waals surface area contributed by atoms with Crippen molar-refractivity contribution in [2.45, 2.75) is 33.2 Å². The Labute approximate surface area is 101 Å². The molecule has 0 saturated heterocycles. The molecule has 0 spiro atoms. The average molecular weight is 247 g/mol. The first-order chi connectivity index (χ1) is 7.26. The summed E-state index contributed by atoms with van der Waals surface area (Å²) in [5, 5.41) is 3.31. The molecular weight excluding hydrogens is 228 g/mol. The van der Waals surface area contributed by atoms with Crippen LogP contribution in [0, 0.1) is 6.92 Å². The Morgan fingerprint density at radius 1 is 1.47 bits per heavy atom. The van der Waals surface area contributed by atoms with E-state index in [0.717, 1.165) is 25.3 Å². The number of nitrogens with zero attached hydrogens (tertiary/aromatic N) is 2. The second-order valence-electron chi connectivity index (χ2n) is 3.70. The van der Waals surface area contributed by atoms with Crippen LogP contribution in [0.4, 0.5) is 0 Å². The Kier molecular flexibility index (Phi) is 6.22. The zero-order chi connectivity index (χ0) is 11.1. The zero-order valence-electron chi connectivity index (χ0n) is 9.50. The summed E-state index contributed by atoms with van der Waals surface area (Å²) >= 11 is 7.53. The lowest BCUT2D eigenvalue weighted by atomic mass is 10.3. The minimum Gasteiger partial charge on any atom is -0.295 e. The molecule has 1 aromatic heterocycles. The van der Waals surface area contributed by atoms with Gasteiger partial charge >= 0.3 is 0 Å². The van der Waals surface area contributed by atoms with Crippen LogP contribution in [0.25, 0.3) is 0 Å². The summed E-state index contributed by atoms with van der Waals surface area (Å²) in [7, 11) is 0. The van der Waals surface area contributed by atoms with Crippen molar-refractivity contribution in [1.29, 1.82) is 0 Å². The maximum Gasteiger partial charge on any atom is 0.107 e. The maximum absolute atomic E-state index is 5.79. The van der Waals surface area contributed by atoms with Gasteiger partial charge in [-0.05, 0) is 19.9 Å². The van der Waals surface area contributed by atoms with Crippen LogP contribution < -0.4 is 0 Å². The summed E-state index contributed by atoms with van der Waals surface area (Å²) in [5.74, 6) is 0.702.